The summed E-state index contributed by atoms with van der Waals surface area (Å²) in [6, 6.07) is 10.2. The van der Waals surface area contributed by atoms with Crippen LogP contribution in [-0.4, -0.2) is 54.5 Å². The summed E-state index contributed by atoms with van der Waals surface area (Å²) in [5.41, 5.74) is 0.851. The number of pyridine rings is 1. The molecule has 0 saturated carbocycles. The van der Waals surface area contributed by atoms with Crippen molar-refractivity contribution in [1.82, 2.24) is 14.8 Å². The van der Waals surface area contributed by atoms with Crippen molar-refractivity contribution in [3.8, 4) is 0 Å². The van der Waals surface area contributed by atoms with Gasteiger partial charge in [0.15, 0.2) is 0 Å². The molecule has 5 nitrogen and oxygen atoms in total. The van der Waals surface area contributed by atoms with Crippen LogP contribution in [-0.2, 0) is 0 Å². The molecule has 3 heterocycles. The Morgan fingerprint density at radius 3 is 2.70 bits per heavy atom. The third kappa shape index (κ3) is 3.34. The highest BCUT2D eigenvalue weighted by atomic mass is 35.5. The number of benzene rings is 1. The smallest absolute Gasteiger partial charge is 0.320 e. The molecule has 2 amide bonds. The fraction of sp³-hybridized carbons (Fsp3) is 0.400. The van der Waals surface area contributed by atoms with E-state index in [1.165, 1.54) is 6.07 Å². The van der Waals surface area contributed by atoms with Gasteiger partial charge in [0.25, 0.3) is 0 Å². The van der Waals surface area contributed by atoms with E-state index in [9.17, 15) is 9.18 Å². The van der Waals surface area contributed by atoms with Crippen molar-refractivity contribution in [2.24, 2.45) is 11.8 Å². The second-order valence-corrected chi connectivity index (χ2v) is 7.93. The maximum Gasteiger partial charge on any atom is 0.320 e. The minimum absolute atomic E-state index is 0.0326. The SMILES string of the molecule is CN(C)C(=O)N1C[C@H]2CN(c3ccc(Cl)cn3)C[C@H]2[C@H]1c1cccc(F)c1. The lowest BCUT2D eigenvalue weighted by molar-refractivity contribution is 0.159. The molecule has 2 aromatic rings. The van der Waals surface area contributed by atoms with Crippen molar-refractivity contribution in [1.29, 1.82) is 0 Å². The molecule has 2 aliphatic rings. The van der Waals surface area contributed by atoms with Crippen molar-refractivity contribution in [3.05, 3.63) is 59.0 Å². The molecule has 3 atom stereocenters. The largest absolute Gasteiger partial charge is 0.356 e. The van der Waals surface area contributed by atoms with Gasteiger partial charge in [0, 0.05) is 51.8 Å². The summed E-state index contributed by atoms with van der Waals surface area (Å²) in [5, 5.41) is 0.610. The number of hydrogen-bond acceptors (Lipinski definition) is 3. The molecule has 0 bridgehead atoms. The molecule has 2 saturated heterocycles. The number of carbonyl (C=O) groups is 1. The number of carbonyl (C=O) groups excluding carboxylic acids is 1. The molecule has 0 radical (unpaired) electrons. The molecule has 0 aliphatic carbocycles. The minimum Gasteiger partial charge on any atom is -0.356 e. The van der Waals surface area contributed by atoms with Gasteiger partial charge in [-0.1, -0.05) is 23.7 Å². The molecule has 27 heavy (non-hydrogen) atoms. The predicted molar refractivity (Wildman–Crippen MR) is 103 cm³/mol. The van der Waals surface area contributed by atoms with Crippen molar-refractivity contribution in [2.75, 3.05) is 38.6 Å². The zero-order valence-electron chi connectivity index (χ0n) is 15.3. The first kappa shape index (κ1) is 18.0. The highest BCUT2D eigenvalue weighted by Gasteiger charge is 2.49. The molecule has 1 aromatic carbocycles. The van der Waals surface area contributed by atoms with Gasteiger partial charge in [-0.3, -0.25) is 0 Å². The fourth-order valence-electron chi connectivity index (χ4n) is 4.36. The fourth-order valence-corrected chi connectivity index (χ4v) is 4.47. The predicted octanol–water partition coefficient (Wildman–Crippen LogP) is 3.67. The maximum absolute atomic E-state index is 13.9. The van der Waals surface area contributed by atoms with Gasteiger partial charge in [0.05, 0.1) is 11.1 Å². The van der Waals surface area contributed by atoms with E-state index in [0.29, 0.717) is 17.5 Å². The van der Waals surface area contributed by atoms with Crippen LogP contribution >= 0.6 is 11.6 Å². The van der Waals surface area contributed by atoms with Crippen LogP contribution in [0, 0.1) is 17.7 Å². The number of anilines is 1. The van der Waals surface area contributed by atoms with E-state index in [1.807, 2.05) is 23.1 Å². The number of hydrogen-bond donors (Lipinski definition) is 0. The topological polar surface area (TPSA) is 39.7 Å². The molecule has 0 N–H and O–H groups in total. The van der Waals surface area contributed by atoms with E-state index < -0.39 is 0 Å². The second-order valence-electron chi connectivity index (χ2n) is 7.49. The van der Waals surface area contributed by atoms with Gasteiger partial charge in [0.2, 0.25) is 0 Å². The Kier molecular flexibility index (Phi) is 4.68. The summed E-state index contributed by atoms with van der Waals surface area (Å²) in [7, 11) is 3.51. The minimum atomic E-state index is -0.276. The number of aromatic nitrogens is 1. The number of nitrogens with zero attached hydrogens (tertiary/aromatic N) is 4. The van der Waals surface area contributed by atoms with Crippen molar-refractivity contribution < 1.29 is 9.18 Å². The van der Waals surface area contributed by atoms with Crippen LogP contribution in [0.2, 0.25) is 5.02 Å². The van der Waals surface area contributed by atoms with E-state index in [2.05, 4.69) is 9.88 Å². The van der Waals surface area contributed by atoms with E-state index in [4.69, 9.17) is 11.6 Å². The molecule has 142 valence electrons. The highest BCUT2D eigenvalue weighted by molar-refractivity contribution is 6.30. The van der Waals surface area contributed by atoms with Crippen molar-refractivity contribution in [3.63, 3.8) is 0 Å². The van der Waals surface area contributed by atoms with Gasteiger partial charge in [-0.05, 0) is 29.8 Å². The van der Waals surface area contributed by atoms with Gasteiger partial charge >= 0.3 is 6.03 Å². The van der Waals surface area contributed by atoms with Crippen LogP contribution in [0.3, 0.4) is 0 Å². The Morgan fingerprint density at radius 1 is 1.22 bits per heavy atom. The van der Waals surface area contributed by atoms with E-state index in [1.54, 1.807) is 37.3 Å². The molecule has 0 unspecified atom stereocenters. The Balaban J connectivity index is 1.64. The molecule has 4 rings (SSSR count). The van der Waals surface area contributed by atoms with Crippen molar-refractivity contribution >= 4 is 23.4 Å². The van der Waals surface area contributed by atoms with E-state index in [-0.39, 0.29) is 23.8 Å². The number of rotatable bonds is 2. The van der Waals surface area contributed by atoms with Crippen LogP contribution in [0.15, 0.2) is 42.6 Å². The number of urea groups is 1. The Bertz CT molecular complexity index is 844. The monoisotopic (exact) mass is 388 g/mol. The average Bonchev–Trinajstić information content (AvgIpc) is 3.19. The Labute approximate surface area is 163 Å². The summed E-state index contributed by atoms with van der Waals surface area (Å²) in [6.45, 7) is 2.26. The molecule has 7 heteroatoms. The lowest BCUT2D eigenvalue weighted by Crippen LogP contribution is -2.41. The summed E-state index contributed by atoms with van der Waals surface area (Å²) < 4.78 is 13.9. The quantitative estimate of drug-likeness (QED) is 0.788. The van der Waals surface area contributed by atoms with E-state index >= 15 is 0 Å². The number of amides is 2. The molecule has 1 aromatic heterocycles. The maximum atomic E-state index is 13.9. The Morgan fingerprint density at radius 2 is 2.04 bits per heavy atom. The van der Waals surface area contributed by atoms with Crippen LogP contribution < -0.4 is 4.90 Å². The van der Waals surface area contributed by atoms with E-state index in [0.717, 1.165) is 24.5 Å². The lowest BCUT2D eigenvalue weighted by atomic mass is 9.89. The molecular weight excluding hydrogens is 367 g/mol. The highest BCUT2D eigenvalue weighted by Crippen LogP contribution is 2.46. The number of fused-ring (bicyclic) bond motifs is 1. The van der Waals surface area contributed by atoms with Gasteiger partial charge in [0.1, 0.15) is 11.6 Å². The first-order chi connectivity index (χ1) is 12.9. The summed E-state index contributed by atoms with van der Waals surface area (Å²) >= 11 is 5.95. The van der Waals surface area contributed by atoms with Gasteiger partial charge in [-0.25, -0.2) is 14.2 Å². The second kappa shape index (κ2) is 7.00. The molecule has 0 spiro atoms. The molecule has 2 aliphatic heterocycles. The number of halogens is 2. The zero-order chi connectivity index (χ0) is 19.1. The van der Waals surface area contributed by atoms with Gasteiger partial charge < -0.3 is 14.7 Å². The summed E-state index contributed by atoms with van der Waals surface area (Å²) in [4.78, 5) is 22.9. The van der Waals surface area contributed by atoms with Crippen LogP contribution in [0.1, 0.15) is 11.6 Å². The lowest BCUT2D eigenvalue weighted by Gasteiger charge is -2.32. The van der Waals surface area contributed by atoms with Crippen LogP contribution in [0.5, 0.6) is 0 Å². The zero-order valence-corrected chi connectivity index (χ0v) is 16.1. The number of likely N-dealkylation sites (tertiary alicyclic amines) is 1. The summed E-state index contributed by atoms with van der Waals surface area (Å²) in [6.07, 6.45) is 1.65. The van der Waals surface area contributed by atoms with Gasteiger partial charge in [-0.2, -0.15) is 0 Å². The summed E-state index contributed by atoms with van der Waals surface area (Å²) in [5.74, 6) is 1.16. The average molecular weight is 389 g/mol. The van der Waals surface area contributed by atoms with Crippen LogP contribution in [0.25, 0.3) is 0 Å². The third-order valence-corrected chi connectivity index (χ3v) is 5.74. The first-order valence-corrected chi connectivity index (χ1v) is 9.41. The van der Waals surface area contributed by atoms with Crippen molar-refractivity contribution in [2.45, 2.75) is 6.04 Å². The normalized spacial score (nSPS) is 24.2. The molecule has 2 fully saturated rings. The molecular formula is C20H22ClFN4O. The van der Waals surface area contributed by atoms with Crippen LogP contribution in [0.4, 0.5) is 15.0 Å². The Hall–Kier alpha value is -2.34. The third-order valence-electron chi connectivity index (χ3n) is 5.52. The van der Waals surface area contributed by atoms with Gasteiger partial charge in [-0.15, -0.1) is 0 Å². The standard InChI is InChI=1S/C20H22ClFN4O/c1-24(2)20(27)26-11-14-10-25(18-7-6-15(21)9-23-18)12-17(14)19(26)13-4-3-5-16(22)8-13/h3-9,14,17,19H,10-12H2,1-2H3/t14-,17-,19-/m1/s1. The first-order valence-electron chi connectivity index (χ1n) is 9.04.